The molecule has 0 aliphatic carbocycles. The number of carbonyl (C=O) groups excluding carboxylic acids is 1. The van der Waals surface area contributed by atoms with Crippen molar-refractivity contribution in [1.29, 1.82) is 0 Å². The number of hydrogen-bond donors (Lipinski definition) is 3. The Morgan fingerprint density at radius 3 is 2.76 bits per heavy atom. The molecule has 3 aromatic heterocycles. The molecule has 1 aliphatic rings. The van der Waals surface area contributed by atoms with Gasteiger partial charge in [0.1, 0.15) is 11.9 Å². The predicted molar refractivity (Wildman–Crippen MR) is 145 cm³/mol. The normalized spacial score (nSPS) is 17.7. The molecule has 0 bridgehead atoms. The third-order valence-corrected chi connectivity index (χ3v) is 6.42. The molecule has 1 saturated heterocycles. The highest BCUT2D eigenvalue weighted by atomic mass is 19.1. The third-order valence-electron chi connectivity index (χ3n) is 6.42. The molecule has 0 aromatic carbocycles. The maximum Gasteiger partial charge on any atom is 0.256 e. The number of unbranched alkanes of at least 4 members (excludes halogenated alkanes) is 2. The van der Waals surface area contributed by atoms with Crippen molar-refractivity contribution >= 4 is 34.5 Å². The molecule has 0 unspecified atom stereocenters. The second kappa shape index (κ2) is 11.3. The second-order valence-electron chi connectivity index (χ2n) is 10.4. The summed E-state index contributed by atoms with van der Waals surface area (Å²) in [7, 11) is 1.56. The summed E-state index contributed by atoms with van der Waals surface area (Å²) in [6, 6.07) is -0.693. The fraction of sp³-hybridized carbons (Fsp3) is 0.560. The molecule has 1 aliphatic heterocycles. The van der Waals surface area contributed by atoms with Gasteiger partial charge in [-0.3, -0.25) is 9.48 Å². The standard InChI is InChI=1S/C25H37FN10O2/c1-6-19(37)29-17-13-34(12-16(17)26)24-31-21(20-22(32-24)36(15-28-20)25(2,3)4)30-18-14-35(33-23(18)38-5)11-9-7-8-10-27/h6,14-17H,1,7-13,27H2,2-5H3,(H,29,37)(H,30,31,32)/t16-,17-/m1/s1. The van der Waals surface area contributed by atoms with Gasteiger partial charge in [-0.1, -0.05) is 13.0 Å². The van der Waals surface area contributed by atoms with Gasteiger partial charge in [0.25, 0.3) is 5.88 Å². The number of nitrogens with one attached hydrogen (secondary N) is 2. The number of imidazole rings is 1. The Kier molecular flexibility index (Phi) is 8.14. The van der Waals surface area contributed by atoms with Gasteiger partial charge in [0.15, 0.2) is 17.0 Å². The second-order valence-corrected chi connectivity index (χ2v) is 10.4. The van der Waals surface area contributed by atoms with Crippen molar-refractivity contribution < 1.29 is 13.9 Å². The average Bonchev–Trinajstić information content (AvgIpc) is 3.58. The van der Waals surface area contributed by atoms with E-state index in [1.54, 1.807) is 18.3 Å². The topological polar surface area (TPSA) is 141 Å². The molecule has 0 spiro atoms. The molecule has 12 nitrogen and oxygen atoms in total. The van der Waals surface area contributed by atoms with E-state index in [-0.39, 0.29) is 18.6 Å². The quantitative estimate of drug-likeness (QED) is 0.253. The Labute approximate surface area is 221 Å². The highest BCUT2D eigenvalue weighted by Crippen LogP contribution is 2.32. The maximum atomic E-state index is 14.8. The lowest BCUT2D eigenvalue weighted by Crippen LogP contribution is -2.40. The summed E-state index contributed by atoms with van der Waals surface area (Å²) < 4.78 is 24.1. The summed E-state index contributed by atoms with van der Waals surface area (Å²) >= 11 is 0. The van der Waals surface area contributed by atoms with Gasteiger partial charge in [0, 0.05) is 18.6 Å². The molecule has 206 valence electrons. The molecule has 2 atom stereocenters. The number of alkyl halides is 1. The highest BCUT2D eigenvalue weighted by Gasteiger charge is 2.36. The van der Waals surface area contributed by atoms with Gasteiger partial charge in [0.05, 0.1) is 32.2 Å². The Morgan fingerprint density at radius 1 is 1.29 bits per heavy atom. The number of aryl methyl sites for hydroxylation is 1. The summed E-state index contributed by atoms with van der Waals surface area (Å²) in [5.41, 5.74) is 7.09. The Bertz CT molecular complexity index is 1280. The van der Waals surface area contributed by atoms with Crippen LogP contribution in [0.5, 0.6) is 5.88 Å². The molecule has 13 heteroatoms. The van der Waals surface area contributed by atoms with Crippen molar-refractivity contribution in [3.05, 3.63) is 25.2 Å². The number of amides is 1. The first-order valence-electron chi connectivity index (χ1n) is 12.8. The number of carbonyl (C=O) groups is 1. The molecule has 1 fully saturated rings. The van der Waals surface area contributed by atoms with Crippen LogP contribution in [0.4, 0.5) is 21.8 Å². The van der Waals surface area contributed by atoms with Crippen molar-refractivity contribution in [2.24, 2.45) is 5.73 Å². The zero-order valence-corrected chi connectivity index (χ0v) is 22.4. The number of nitrogens with two attached hydrogens (primary N) is 1. The van der Waals surface area contributed by atoms with Gasteiger partial charge in [-0.15, -0.1) is 5.10 Å². The van der Waals surface area contributed by atoms with Gasteiger partial charge in [-0.2, -0.15) is 9.97 Å². The number of methoxy groups -OCH3 is 1. The maximum absolute atomic E-state index is 14.8. The largest absolute Gasteiger partial charge is 0.478 e. The van der Waals surface area contributed by atoms with Crippen LogP contribution in [0.1, 0.15) is 40.0 Å². The first-order valence-corrected chi connectivity index (χ1v) is 12.8. The number of rotatable bonds is 11. The van der Waals surface area contributed by atoms with Crippen molar-refractivity contribution in [2.75, 3.05) is 37.0 Å². The number of halogens is 1. The van der Waals surface area contributed by atoms with Gasteiger partial charge in [0.2, 0.25) is 11.9 Å². The number of hydrogen-bond acceptors (Lipinski definition) is 9. The van der Waals surface area contributed by atoms with E-state index in [2.05, 4.69) is 48.1 Å². The van der Waals surface area contributed by atoms with E-state index >= 15 is 0 Å². The molecular formula is C25H37FN10O2. The predicted octanol–water partition coefficient (Wildman–Crippen LogP) is 2.49. The van der Waals surface area contributed by atoms with Crippen LogP contribution in [-0.4, -0.2) is 74.2 Å². The van der Waals surface area contributed by atoms with Gasteiger partial charge >= 0.3 is 0 Å². The van der Waals surface area contributed by atoms with Crippen LogP contribution in [0.15, 0.2) is 25.2 Å². The lowest BCUT2D eigenvalue weighted by Gasteiger charge is -2.22. The van der Waals surface area contributed by atoms with Gasteiger partial charge < -0.3 is 30.6 Å². The van der Waals surface area contributed by atoms with E-state index in [9.17, 15) is 9.18 Å². The van der Waals surface area contributed by atoms with E-state index in [0.29, 0.717) is 41.0 Å². The first-order chi connectivity index (χ1) is 18.1. The summed E-state index contributed by atoms with van der Waals surface area (Å²) in [6.07, 6.45) is 6.37. The number of nitrogens with zero attached hydrogens (tertiary/aromatic N) is 7. The summed E-state index contributed by atoms with van der Waals surface area (Å²) in [5, 5.41) is 10.5. The number of aromatic nitrogens is 6. The van der Waals surface area contributed by atoms with E-state index in [1.807, 2.05) is 15.4 Å². The SMILES string of the molecule is C=CC(=O)N[C@@H]1CN(c2nc(Nc3cn(CCCCCN)nc3OC)c3ncn(C(C)(C)C)c3n2)C[C@H]1F. The molecule has 4 heterocycles. The number of ether oxygens (including phenoxy) is 1. The molecular weight excluding hydrogens is 491 g/mol. The lowest BCUT2D eigenvalue weighted by atomic mass is 10.1. The summed E-state index contributed by atoms with van der Waals surface area (Å²) in [5.74, 6) is 0.779. The average molecular weight is 529 g/mol. The van der Waals surface area contributed by atoms with Crippen molar-refractivity contribution in [3.63, 3.8) is 0 Å². The van der Waals surface area contributed by atoms with Crippen LogP contribution in [0.3, 0.4) is 0 Å². The Balaban J connectivity index is 1.69. The van der Waals surface area contributed by atoms with Crippen LogP contribution in [0, 0.1) is 0 Å². The molecule has 38 heavy (non-hydrogen) atoms. The van der Waals surface area contributed by atoms with E-state index in [0.717, 1.165) is 31.9 Å². The van der Waals surface area contributed by atoms with Crippen LogP contribution in [-0.2, 0) is 16.9 Å². The summed E-state index contributed by atoms with van der Waals surface area (Å²) in [6.45, 7) is 11.3. The summed E-state index contributed by atoms with van der Waals surface area (Å²) in [4.78, 5) is 27.6. The van der Waals surface area contributed by atoms with Crippen molar-refractivity contribution in [3.8, 4) is 5.88 Å². The zero-order chi connectivity index (χ0) is 27.4. The van der Waals surface area contributed by atoms with E-state index in [4.69, 9.17) is 20.4 Å². The Hall–Kier alpha value is -3.74. The molecule has 1 amide bonds. The van der Waals surface area contributed by atoms with Crippen LogP contribution in [0.25, 0.3) is 11.2 Å². The van der Waals surface area contributed by atoms with Crippen molar-refractivity contribution in [2.45, 2.75) is 64.3 Å². The molecule has 0 saturated carbocycles. The van der Waals surface area contributed by atoms with Crippen LogP contribution < -0.4 is 26.0 Å². The highest BCUT2D eigenvalue weighted by molar-refractivity contribution is 5.88. The number of fused-ring (bicyclic) bond motifs is 1. The molecule has 0 radical (unpaired) electrons. The van der Waals surface area contributed by atoms with Crippen LogP contribution >= 0.6 is 0 Å². The minimum atomic E-state index is -1.28. The van der Waals surface area contributed by atoms with Gasteiger partial charge in [-0.25, -0.2) is 9.37 Å². The van der Waals surface area contributed by atoms with E-state index in [1.165, 1.54) is 0 Å². The van der Waals surface area contributed by atoms with E-state index < -0.39 is 18.1 Å². The van der Waals surface area contributed by atoms with Crippen LogP contribution in [0.2, 0.25) is 0 Å². The smallest absolute Gasteiger partial charge is 0.256 e. The molecule has 4 rings (SSSR count). The minimum absolute atomic E-state index is 0.0424. The van der Waals surface area contributed by atoms with Crippen molar-refractivity contribution in [1.82, 2.24) is 34.6 Å². The zero-order valence-electron chi connectivity index (χ0n) is 22.4. The minimum Gasteiger partial charge on any atom is -0.478 e. The third kappa shape index (κ3) is 5.87. The lowest BCUT2D eigenvalue weighted by molar-refractivity contribution is -0.117. The monoisotopic (exact) mass is 528 g/mol. The molecule has 3 aromatic rings. The number of anilines is 3. The fourth-order valence-corrected chi connectivity index (χ4v) is 4.39. The fourth-order valence-electron chi connectivity index (χ4n) is 4.39. The first kappa shape index (κ1) is 27.3. The Morgan fingerprint density at radius 2 is 2.08 bits per heavy atom. The molecule has 4 N–H and O–H groups in total. The van der Waals surface area contributed by atoms with Gasteiger partial charge in [-0.05, 0) is 46.2 Å².